The molecule has 0 aromatic carbocycles. The second kappa shape index (κ2) is 4.49. The van der Waals surface area contributed by atoms with Gasteiger partial charge in [0, 0.05) is 6.42 Å². The molecule has 0 radical (unpaired) electrons. The molecule has 2 atom stereocenters. The van der Waals surface area contributed by atoms with Crippen LogP contribution in [0.1, 0.15) is 6.42 Å². The van der Waals surface area contributed by atoms with Crippen LogP contribution in [0.25, 0.3) is 0 Å². The van der Waals surface area contributed by atoms with Crippen molar-refractivity contribution >= 4 is 19.9 Å². The normalized spacial score (nSPS) is 28.7. The van der Waals surface area contributed by atoms with Gasteiger partial charge < -0.3 is 34.2 Å². The zero-order valence-electron chi connectivity index (χ0n) is 8.18. The quantitative estimate of drug-likeness (QED) is 0.406. The summed E-state index contributed by atoms with van der Waals surface area (Å²) in [6.07, 6.45) is -6.36. The van der Waals surface area contributed by atoms with Crippen LogP contribution < -0.4 is 0 Å². The van der Waals surface area contributed by atoms with E-state index in [2.05, 4.69) is 14.2 Å². The topological polar surface area (TPSA) is 160 Å². The number of rotatable bonds is 3. The van der Waals surface area contributed by atoms with Crippen molar-refractivity contribution in [3.8, 4) is 0 Å². The van der Waals surface area contributed by atoms with Crippen molar-refractivity contribution in [1.82, 2.24) is 0 Å². The van der Waals surface area contributed by atoms with Crippen molar-refractivity contribution in [1.29, 1.82) is 0 Å². The Balaban J connectivity index is 3.08. The molecular weight excluding hydrogens is 263 g/mol. The third-order valence-corrected chi connectivity index (χ3v) is 3.57. The average molecular weight is 272 g/mol. The van der Waals surface area contributed by atoms with E-state index in [1.54, 1.807) is 0 Å². The van der Waals surface area contributed by atoms with Crippen LogP contribution in [0.2, 0.25) is 0 Å². The van der Waals surface area contributed by atoms with E-state index in [1.807, 2.05) is 0 Å². The molecule has 2 unspecified atom stereocenters. The Hall–Kier alpha value is -1.35. The lowest BCUT2D eigenvalue weighted by molar-refractivity contribution is -0.149. The highest BCUT2D eigenvalue weighted by molar-refractivity contribution is 7.53. The standard InChI is InChI=1S/C6H9O10P/c7-4(8)15-3-6(1-2-14-3,16-5(9)10)17(11,12)13/h3H,1-2H2,(H,7,8)(H,9,10)(H2,11,12,13). The molecule has 0 bridgehead atoms. The maximum atomic E-state index is 11.2. The molecule has 10 nitrogen and oxygen atoms in total. The fourth-order valence-electron chi connectivity index (χ4n) is 1.37. The predicted molar refractivity (Wildman–Crippen MR) is 47.4 cm³/mol. The smallest absolute Gasteiger partial charge is 0.450 e. The van der Waals surface area contributed by atoms with E-state index < -0.39 is 38.0 Å². The van der Waals surface area contributed by atoms with Gasteiger partial charge in [0.1, 0.15) is 0 Å². The predicted octanol–water partition coefficient (Wildman–Crippen LogP) is -0.00400. The van der Waals surface area contributed by atoms with Gasteiger partial charge in [0.15, 0.2) is 0 Å². The Morgan fingerprint density at radius 1 is 1.29 bits per heavy atom. The lowest BCUT2D eigenvalue weighted by Gasteiger charge is -2.30. The summed E-state index contributed by atoms with van der Waals surface area (Å²) in [5.41, 5.74) is 0. The summed E-state index contributed by atoms with van der Waals surface area (Å²) in [4.78, 5) is 38.9. The lowest BCUT2D eigenvalue weighted by atomic mass is 10.3. The number of ether oxygens (including phenoxy) is 3. The van der Waals surface area contributed by atoms with E-state index in [0.29, 0.717) is 0 Å². The van der Waals surface area contributed by atoms with Crippen LogP contribution in [-0.4, -0.2) is 50.5 Å². The zero-order valence-corrected chi connectivity index (χ0v) is 9.07. The minimum Gasteiger partial charge on any atom is -0.450 e. The molecule has 11 heteroatoms. The monoisotopic (exact) mass is 272 g/mol. The number of carboxylic acid groups (broad SMARTS) is 2. The van der Waals surface area contributed by atoms with E-state index >= 15 is 0 Å². The van der Waals surface area contributed by atoms with Crippen LogP contribution in [0.5, 0.6) is 0 Å². The molecule has 1 rings (SSSR count). The average Bonchev–Trinajstić information content (AvgIpc) is 2.46. The van der Waals surface area contributed by atoms with Gasteiger partial charge in [-0.1, -0.05) is 0 Å². The first-order chi connectivity index (χ1) is 7.69. The van der Waals surface area contributed by atoms with Crippen molar-refractivity contribution in [2.75, 3.05) is 6.61 Å². The summed E-state index contributed by atoms with van der Waals surface area (Å²) in [7, 11) is -5.13. The minimum absolute atomic E-state index is 0.309. The minimum atomic E-state index is -5.13. The van der Waals surface area contributed by atoms with Crippen molar-refractivity contribution in [2.24, 2.45) is 0 Å². The first kappa shape index (κ1) is 13.7. The largest absolute Gasteiger partial charge is 0.508 e. The number of hydrogen-bond acceptors (Lipinski definition) is 6. The molecule has 4 N–H and O–H groups in total. The summed E-state index contributed by atoms with van der Waals surface area (Å²) >= 11 is 0. The molecule has 0 aliphatic carbocycles. The molecular formula is C6H9O10P. The third-order valence-electron chi connectivity index (χ3n) is 2.06. The van der Waals surface area contributed by atoms with Gasteiger partial charge in [-0.25, -0.2) is 9.59 Å². The first-order valence-corrected chi connectivity index (χ1v) is 5.79. The molecule has 0 aromatic rings. The van der Waals surface area contributed by atoms with Crippen LogP contribution >= 0.6 is 7.60 Å². The summed E-state index contributed by atoms with van der Waals surface area (Å²) in [5, 5.41) is 14.1. The molecule has 98 valence electrons. The fourth-order valence-corrected chi connectivity index (χ4v) is 2.35. The van der Waals surface area contributed by atoms with E-state index in [0.717, 1.165) is 0 Å². The molecule has 17 heavy (non-hydrogen) atoms. The summed E-state index contributed by atoms with van der Waals surface area (Å²) < 4.78 is 24.0. The van der Waals surface area contributed by atoms with E-state index in [9.17, 15) is 14.2 Å². The zero-order chi connectivity index (χ0) is 13.3. The maximum absolute atomic E-state index is 11.2. The third kappa shape index (κ3) is 2.67. The summed E-state index contributed by atoms with van der Waals surface area (Å²) in [6.45, 7) is -0.309. The first-order valence-electron chi connectivity index (χ1n) is 4.18. The van der Waals surface area contributed by atoms with Crippen LogP contribution in [0.4, 0.5) is 9.59 Å². The Morgan fingerprint density at radius 3 is 2.29 bits per heavy atom. The van der Waals surface area contributed by atoms with Gasteiger partial charge in [0.25, 0.3) is 11.6 Å². The van der Waals surface area contributed by atoms with Crippen molar-refractivity contribution in [3.63, 3.8) is 0 Å². The molecule has 1 aliphatic heterocycles. The Bertz CT molecular complexity index is 373. The SMILES string of the molecule is O=C(O)OC1OCCC1(OC(=O)O)P(=O)(O)O. The molecule has 1 aliphatic rings. The van der Waals surface area contributed by atoms with Crippen LogP contribution in [0, 0.1) is 0 Å². The second-order valence-electron chi connectivity index (χ2n) is 3.09. The second-order valence-corrected chi connectivity index (χ2v) is 4.94. The molecule has 1 saturated heterocycles. The lowest BCUT2D eigenvalue weighted by Crippen LogP contribution is -2.44. The summed E-state index contributed by atoms with van der Waals surface area (Å²) in [5.74, 6) is 0. The molecule has 0 saturated carbocycles. The van der Waals surface area contributed by atoms with Crippen LogP contribution in [0.3, 0.4) is 0 Å². The molecule has 1 heterocycles. The van der Waals surface area contributed by atoms with E-state index in [-0.39, 0.29) is 6.61 Å². The van der Waals surface area contributed by atoms with Gasteiger partial charge in [-0.3, -0.25) is 4.57 Å². The number of hydrogen-bond donors (Lipinski definition) is 4. The molecule has 0 aromatic heterocycles. The van der Waals surface area contributed by atoms with Gasteiger partial charge in [0.2, 0.25) is 0 Å². The molecule has 0 amide bonds. The van der Waals surface area contributed by atoms with Crippen LogP contribution in [0.15, 0.2) is 0 Å². The van der Waals surface area contributed by atoms with Gasteiger partial charge >= 0.3 is 19.9 Å². The number of carbonyl (C=O) groups is 2. The highest BCUT2D eigenvalue weighted by atomic mass is 31.2. The summed E-state index contributed by atoms with van der Waals surface area (Å²) in [6, 6.07) is 0. The van der Waals surface area contributed by atoms with Crippen LogP contribution in [-0.2, 0) is 18.8 Å². The highest BCUT2D eigenvalue weighted by Crippen LogP contribution is 2.58. The Kier molecular flexibility index (Phi) is 3.62. The van der Waals surface area contributed by atoms with E-state index in [1.165, 1.54) is 0 Å². The Labute approximate surface area is 93.9 Å². The van der Waals surface area contributed by atoms with Crippen molar-refractivity contribution in [2.45, 2.75) is 18.1 Å². The van der Waals surface area contributed by atoms with E-state index in [4.69, 9.17) is 20.0 Å². The fraction of sp³-hybridized carbons (Fsp3) is 0.667. The molecule has 0 spiro atoms. The van der Waals surface area contributed by atoms with Gasteiger partial charge in [-0.05, 0) is 0 Å². The maximum Gasteiger partial charge on any atom is 0.508 e. The van der Waals surface area contributed by atoms with Gasteiger partial charge in [-0.15, -0.1) is 0 Å². The Morgan fingerprint density at radius 2 is 1.88 bits per heavy atom. The highest BCUT2D eigenvalue weighted by Gasteiger charge is 2.63. The van der Waals surface area contributed by atoms with Crippen molar-refractivity contribution in [3.05, 3.63) is 0 Å². The molecule has 1 fully saturated rings. The van der Waals surface area contributed by atoms with Gasteiger partial charge in [0.05, 0.1) is 6.61 Å². The van der Waals surface area contributed by atoms with Gasteiger partial charge in [-0.2, -0.15) is 0 Å². The van der Waals surface area contributed by atoms with Crippen molar-refractivity contribution < 1.29 is 48.4 Å².